The normalized spacial score (nSPS) is 14.3. The van der Waals surface area contributed by atoms with Gasteiger partial charge in [-0.15, -0.1) is 0 Å². The van der Waals surface area contributed by atoms with Crippen LogP contribution in [0.25, 0.3) is 0 Å². The third-order valence-electron chi connectivity index (χ3n) is 2.93. The number of carbonyl (C=O) groups is 3. The van der Waals surface area contributed by atoms with Crippen LogP contribution < -0.4 is 16.4 Å². The van der Waals surface area contributed by atoms with Crippen molar-refractivity contribution in [3.63, 3.8) is 0 Å². The average Bonchev–Trinajstić information content (AvgIpc) is 2.21. The van der Waals surface area contributed by atoms with E-state index < -0.39 is 23.9 Å². The number of urea groups is 1. The summed E-state index contributed by atoms with van der Waals surface area (Å²) in [6, 6.07) is -1.82. The Bertz CT molecular complexity index is 349. The fraction of sp³-hybridized carbons (Fsp3) is 0.750. The Kier molecular flexibility index (Phi) is 6.31. The van der Waals surface area contributed by atoms with Crippen LogP contribution in [0.3, 0.4) is 0 Å². The molecule has 0 heterocycles. The number of primary amides is 1. The predicted octanol–water partition coefficient (Wildman–Crippen LogP) is 0.439. The zero-order valence-corrected chi connectivity index (χ0v) is 11.8. The first-order chi connectivity index (χ1) is 8.54. The summed E-state index contributed by atoms with van der Waals surface area (Å²) in [5, 5.41) is 13.9. The Hall–Kier alpha value is -1.79. The van der Waals surface area contributed by atoms with Crippen LogP contribution >= 0.6 is 0 Å². The standard InChI is InChI=1S/C12H23N3O4/c1-7(12(2,3)4)14-11(19)15-8(10(17)18)5-6-9(13)16/h7-8H,5-6H2,1-4H3,(H2,13,16)(H,17,18)(H2,14,15,19)/t7?,8-/m1/s1. The summed E-state index contributed by atoms with van der Waals surface area (Å²) >= 11 is 0. The van der Waals surface area contributed by atoms with Crippen molar-refractivity contribution in [2.24, 2.45) is 11.1 Å². The van der Waals surface area contributed by atoms with E-state index in [0.29, 0.717) is 0 Å². The summed E-state index contributed by atoms with van der Waals surface area (Å²) in [7, 11) is 0. The van der Waals surface area contributed by atoms with Gasteiger partial charge in [-0.3, -0.25) is 4.79 Å². The number of aliphatic carboxylic acids is 1. The molecule has 0 radical (unpaired) electrons. The molecule has 0 bridgehead atoms. The minimum absolute atomic E-state index is 0.0258. The number of hydrogen-bond donors (Lipinski definition) is 4. The number of nitrogens with two attached hydrogens (primary N) is 1. The fourth-order valence-electron chi connectivity index (χ4n) is 1.16. The van der Waals surface area contributed by atoms with Gasteiger partial charge in [0.2, 0.25) is 5.91 Å². The van der Waals surface area contributed by atoms with Crippen molar-refractivity contribution in [1.29, 1.82) is 0 Å². The van der Waals surface area contributed by atoms with Gasteiger partial charge >= 0.3 is 12.0 Å². The summed E-state index contributed by atoms with van der Waals surface area (Å²) in [4.78, 5) is 33.2. The number of hydrogen-bond acceptors (Lipinski definition) is 3. The molecule has 3 amide bonds. The van der Waals surface area contributed by atoms with E-state index in [4.69, 9.17) is 10.8 Å². The molecule has 0 aliphatic carbocycles. The Morgan fingerprint density at radius 3 is 2.11 bits per heavy atom. The van der Waals surface area contributed by atoms with E-state index in [1.165, 1.54) is 0 Å². The van der Waals surface area contributed by atoms with Crippen LogP contribution in [0.1, 0.15) is 40.5 Å². The lowest BCUT2D eigenvalue weighted by Crippen LogP contribution is -2.51. The second-order valence-corrected chi connectivity index (χ2v) is 5.60. The Morgan fingerprint density at radius 1 is 1.21 bits per heavy atom. The maximum Gasteiger partial charge on any atom is 0.326 e. The van der Waals surface area contributed by atoms with Gasteiger partial charge in [0.15, 0.2) is 0 Å². The van der Waals surface area contributed by atoms with Crippen molar-refractivity contribution >= 4 is 17.9 Å². The van der Waals surface area contributed by atoms with E-state index in [1.807, 2.05) is 27.7 Å². The molecule has 5 N–H and O–H groups in total. The van der Waals surface area contributed by atoms with Gasteiger partial charge in [0, 0.05) is 12.5 Å². The molecule has 0 aliphatic rings. The van der Waals surface area contributed by atoms with E-state index in [2.05, 4.69) is 10.6 Å². The van der Waals surface area contributed by atoms with Crippen molar-refractivity contribution in [1.82, 2.24) is 10.6 Å². The van der Waals surface area contributed by atoms with Crippen molar-refractivity contribution in [3.05, 3.63) is 0 Å². The molecular formula is C12H23N3O4. The van der Waals surface area contributed by atoms with E-state index in [-0.39, 0.29) is 24.3 Å². The first kappa shape index (κ1) is 17.2. The molecule has 19 heavy (non-hydrogen) atoms. The van der Waals surface area contributed by atoms with Crippen molar-refractivity contribution < 1.29 is 19.5 Å². The first-order valence-electron chi connectivity index (χ1n) is 6.12. The number of carboxylic acids is 1. The van der Waals surface area contributed by atoms with Crippen molar-refractivity contribution in [3.8, 4) is 0 Å². The van der Waals surface area contributed by atoms with Gasteiger partial charge in [0.1, 0.15) is 6.04 Å². The van der Waals surface area contributed by atoms with Gasteiger partial charge in [-0.2, -0.15) is 0 Å². The Morgan fingerprint density at radius 2 is 1.74 bits per heavy atom. The van der Waals surface area contributed by atoms with Gasteiger partial charge < -0.3 is 21.5 Å². The Balaban J connectivity index is 4.40. The molecule has 0 fully saturated rings. The molecule has 0 aliphatic heterocycles. The van der Waals surface area contributed by atoms with Gasteiger partial charge in [-0.05, 0) is 18.8 Å². The topological polar surface area (TPSA) is 122 Å². The molecule has 7 heteroatoms. The summed E-state index contributed by atoms with van der Waals surface area (Å²) < 4.78 is 0. The van der Waals surface area contributed by atoms with Crippen LogP contribution in [-0.4, -0.2) is 35.1 Å². The Labute approximate surface area is 112 Å². The highest BCUT2D eigenvalue weighted by Crippen LogP contribution is 2.18. The van der Waals surface area contributed by atoms with Crippen molar-refractivity contribution in [2.45, 2.75) is 52.6 Å². The zero-order chi connectivity index (χ0) is 15.2. The van der Waals surface area contributed by atoms with E-state index in [1.54, 1.807) is 0 Å². The maximum atomic E-state index is 11.7. The molecule has 0 aromatic rings. The predicted molar refractivity (Wildman–Crippen MR) is 70.4 cm³/mol. The SMILES string of the molecule is CC(NC(=O)N[C@H](CCC(N)=O)C(=O)O)C(C)(C)C. The molecule has 1 unspecified atom stereocenters. The number of amides is 3. The average molecular weight is 273 g/mol. The third-order valence-corrected chi connectivity index (χ3v) is 2.93. The van der Waals surface area contributed by atoms with Crippen LogP contribution in [-0.2, 0) is 9.59 Å². The lowest BCUT2D eigenvalue weighted by atomic mass is 9.88. The highest BCUT2D eigenvalue weighted by Gasteiger charge is 2.25. The van der Waals surface area contributed by atoms with Gasteiger partial charge in [-0.1, -0.05) is 20.8 Å². The van der Waals surface area contributed by atoms with Crippen molar-refractivity contribution in [2.75, 3.05) is 0 Å². The van der Waals surface area contributed by atoms with E-state index in [9.17, 15) is 14.4 Å². The number of carbonyl (C=O) groups excluding carboxylic acids is 2. The summed E-state index contributed by atoms with van der Waals surface area (Å²) in [5.74, 6) is -1.80. The number of nitrogens with one attached hydrogen (secondary N) is 2. The molecule has 0 saturated carbocycles. The fourth-order valence-corrected chi connectivity index (χ4v) is 1.16. The minimum Gasteiger partial charge on any atom is -0.480 e. The summed E-state index contributed by atoms with van der Waals surface area (Å²) in [5.41, 5.74) is 4.81. The number of carboxylic acid groups (broad SMARTS) is 1. The lowest BCUT2D eigenvalue weighted by molar-refractivity contribution is -0.139. The van der Waals surface area contributed by atoms with Crippen LogP contribution in [0.4, 0.5) is 4.79 Å². The molecule has 0 rings (SSSR count). The van der Waals surface area contributed by atoms with E-state index >= 15 is 0 Å². The highest BCUT2D eigenvalue weighted by molar-refractivity contribution is 5.83. The molecule has 0 saturated heterocycles. The van der Waals surface area contributed by atoms with Gasteiger partial charge in [0.05, 0.1) is 0 Å². The largest absolute Gasteiger partial charge is 0.480 e. The van der Waals surface area contributed by atoms with Crippen LogP contribution in [0.15, 0.2) is 0 Å². The van der Waals surface area contributed by atoms with Crippen LogP contribution in [0.5, 0.6) is 0 Å². The van der Waals surface area contributed by atoms with Gasteiger partial charge in [-0.25, -0.2) is 9.59 Å². The number of rotatable bonds is 6. The summed E-state index contributed by atoms with van der Waals surface area (Å²) in [6.07, 6.45) is -0.117. The van der Waals surface area contributed by atoms with E-state index in [0.717, 1.165) is 0 Å². The second-order valence-electron chi connectivity index (χ2n) is 5.60. The lowest BCUT2D eigenvalue weighted by Gasteiger charge is -2.28. The molecule has 0 spiro atoms. The maximum absolute atomic E-state index is 11.7. The molecule has 2 atom stereocenters. The third kappa shape index (κ3) is 7.28. The second kappa shape index (κ2) is 6.96. The summed E-state index contributed by atoms with van der Waals surface area (Å²) in [6.45, 7) is 7.71. The quantitative estimate of drug-likeness (QED) is 0.561. The molecule has 0 aromatic carbocycles. The van der Waals surface area contributed by atoms with Crippen LogP contribution in [0.2, 0.25) is 0 Å². The zero-order valence-electron chi connectivity index (χ0n) is 11.8. The minimum atomic E-state index is -1.19. The monoisotopic (exact) mass is 273 g/mol. The molecular weight excluding hydrogens is 250 g/mol. The molecule has 0 aromatic heterocycles. The highest BCUT2D eigenvalue weighted by atomic mass is 16.4. The first-order valence-corrected chi connectivity index (χ1v) is 6.12. The smallest absolute Gasteiger partial charge is 0.326 e. The molecule has 110 valence electrons. The van der Waals surface area contributed by atoms with Crippen LogP contribution in [0, 0.1) is 5.41 Å². The molecule has 7 nitrogen and oxygen atoms in total. The van der Waals surface area contributed by atoms with Gasteiger partial charge in [0.25, 0.3) is 0 Å².